The van der Waals surface area contributed by atoms with Crippen molar-refractivity contribution >= 4 is 23.4 Å². The monoisotopic (exact) mass is 365 g/mol. The average Bonchev–Trinajstić information content (AvgIpc) is 2.59. The highest BCUT2D eigenvalue weighted by Gasteiger charge is 2.06. The molecule has 3 aromatic carbocycles. The molecule has 0 aliphatic rings. The zero-order valence-corrected chi connectivity index (χ0v) is 15.6. The lowest BCUT2D eigenvalue weighted by Gasteiger charge is -2.09. The molecule has 132 valence electrons. The van der Waals surface area contributed by atoms with Gasteiger partial charge >= 0.3 is 0 Å². The molecule has 0 saturated carbocycles. The maximum absolute atomic E-state index is 13.2. The number of hydrogen-bond donors (Lipinski definition) is 1. The molecule has 0 aromatic heterocycles. The lowest BCUT2D eigenvalue weighted by Crippen LogP contribution is -2.14. The van der Waals surface area contributed by atoms with E-state index in [-0.39, 0.29) is 18.1 Å². The fourth-order valence-corrected chi connectivity index (χ4v) is 3.57. The SMILES string of the molecule is Cc1ccc(Sc2ccc(NC(=O)Cc3cccc(F)c3)cc2)c(C)c1. The van der Waals surface area contributed by atoms with Crippen LogP contribution in [0, 0.1) is 19.7 Å². The van der Waals surface area contributed by atoms with E-state index in [1.165, 1.54) is 28.2 Å². The number of rotatable bonds is 5. The van der Waals surface area contributed by atoms with Gasteiger partial charge in [-0.25, -0.2) is 4.39 Å². The Morgan fingerprint density at radius 1 is 1.00 bits per heavy atom. The highest BCUT2D eigenvalue weighted by Crippen LogP contribution is 2.31. The molecular formula is C22H20FNOS. The van der Waals surface area contributed by atoms with Crippen LogP contribution in [0.15, 0.2) is 76.5 Å². The summed E-state index contributed by atoms with van der Waals surface area (Å²) in [4.78, 5) is 14.4. The molecule has 0 spiro atoms. The molecule has 2 nitrogen and oxygen atoms in total. The summed E-state index contributed by atoms with van der Waals surface area (Å²) in [6.45, 7) is 4.19. The van der Waals surface area contributed by atoms with E-state index in [4.69, 9.17) is 0 Å². The van der Waals surface area contributed by atoms with Gasteiger partial charge in [0.1, 0.15) is 5.82 Å². The lowest BCUT2D eigenvalue weighted by atomic mass is 10.1. The molecule has 26 heavy (non-hydrogen) atoms. The highest BCUT2D eigenvalue weighted by atomic mass is 32.2. The first-order valence-corrected chi connectivity index (χ1v) is 9.21. The molecule has 0 atom stereocenters. The Morgan fingerprint density at radius 2 is 1.77 bits per heavy atom. The third-order valence-corrected chi connectivity index (χ3v) is 5.14. The minimum absolute atomic E-state index is 0.150. The summed E-state index contributed by atoms with van der Waals surface area (Å²) in [5.41, 5.74) is 3.89. The van der Waals surface area contributed by atoms with Gasteiger partial charge in [0.25, 0.3) is 0 Å². The Kier molecular flexibility index (Phi) is 5.74. The molecule has 3 aromatic rings. The quantitative estimate of drug-likeness (QED) is 0.621. The Bertz CT molecular complexity index is 922. The van der Waals surface area contributed by atoms with Gasteiger partial charge in [-0.3, -0.25) is 4.79 Å². The van der Waals surface area contributed by atoms with E-state index in [0.717, 1.165) is 10.6 Å². The molecule has 0 fully saturated rings. The van der Waals surface area contributed by atoms with Gasteiger partial charge in [-0.1, -0.05) is 41.6 Å². The highest BCUT2D eigenvalue weighted by molar-refractivity contribution is 7.99. The van der Waals surface area contributed by atoms with Crippen molar-refractivity contribution in [2.24, 2.45) is 0 Å². The van der Waals surface area contributed by atoms with Crippen LogP contribution in [0.3, 0.4) is 0 Å². The van der Waals surface area contributed by atoms with Gasteiger partial charge < -0.3 is 5.32 Å². The molecule has 0 bridgehead atoms. The second-order valence-corrected chi connectivity index (χ2v) is 7.37. The van der Waals surface area contributed by atoms with Crippen molar-refractivity contribution in [1.29, 1.82) is 0 Å². The van der Waals surface area contributed by atoms with E-state index in [1.54, 1.807) is 23.9 Å². The van der Waals surface area contributed by atoms with Gasteiger partial charge in [0, 0.05) is 15.5 Å². The maximum atomic E-state index is 13.2. The van der Waals surface area contributed by atoms with Crippen molar-refractivity contribution in [3.05, 3.63) is 89.2 Å². The molecule has 0 saturated heterocycles. The van der Waals surface area contributed by atoms with E-state index in [0.29, 0.717) is 5.56 Å². The van der Waals surface area contributed by atoms with Crippen LogP contribution in [-0.4, -0.2) is 5.91 Å². The molecule has 3 rings (SSSR count). The van der Waals surface area contributed by atoms with Crippen LogP contribution in [0.1, 0.15) is 16.7 Å². The Labute approximate surface area is 157 Å². The van der Waals surface area contributed by atoms with Crippen LogP contribution in [-0.2, 0) is 11.2 Å². The molecule has 0 unspecified atom stereocenters. The predicted octanol–water partition coefficient (Wildman–Crippen LogP) is 5.77. The van der Waals surface area contributed by atoms with E-state index in [9.17, 15) is 9.18 Å². The number of amides is 1. The van der Waals surface area contributed by atoms with Gasteiger partial charge in [-0.05, 0) is 67.4 Å². The largest absolute Gasteiger partial charge is 0.326 e. The standard InChI is InChI=1S/C22H20FNOS/c1-15-6-11-21(16(2)12-15)26-20-9-7-19(8-10-20)24-22(25)14-17-4-3-5-18(23)13-17/h3-13H,14H2,1-2H3,(H,24,25). The smallest absolute Gasteiger partial charge is 0.228 e. The van der Waals surface area contributed by atoms with Crippen LogP contribution in [0.4, 0.5) is 10.1 Å². The molecule has 0 aliphatic carbocycles. The topological polar surface area (TPSA) is 29.1 Å². The zero-order chi connectivity index (χ0) is 18.5. The predicted molar refractivity (Wildman–Crippen MR) is 105 cm³/mol. The third kappa shape index (κ3) is 4.96. The average molecular weight is 365 g/mol. The number of hydrogen-bond acceptors (Lipinski definition) is 2. The van der Waals surface area contributed by atoms with E-state index in [2.05, 4.69) is 37.4 Å². The normalized spacial score (nSPS) is 10.6. The number of nitrogens with one attached hydrogen (secondary N) is 1. The fraction of sp³-hybridized carbons (Fsp3) is 0.136. The molecular weight excluding hydrogens is 345 g/mol. The number of aryl methyl sites for hydroxylation is 2. The molecule has 1 amide bonds. The van der Waals surface area contributed by atoms with E-state index < -0.39 is 0 Å². The first-order valence-electron chi connectivity index (χ1n) is 8.39. The number of anilines is 1. The first kappa shape index (κ1) is 18.2. The van der Waals surface area contributed by atoms with Crippen molar-refractivity contribution < 1.29 is 9.18 Å². The van der Waals surface area contributed by atoms with E-state index >= 15 is 0 Å². The number of halogens is 1. The lowest BCUT2D eigenvalue weighted by molar-refractivity contribution is -0.115. The number of benzene rings is 3. The van der Waals surface area contributed by atoms with Gasteiger partial charge in [0.2, 0.25) is 5.91 Å². The number of carbonyl (C=O) groups is 1. The molecule has 0 heterocycles. The summed E-state index contributed by atoms with van der Waals surface area (Å²) < 4.78 is 13.2. The zero-order valence-electron chi connectivity index (χ0n) is 14.8. The summed E-state index contributed by atoms with van der Waals surface area (Å²) in [6.07, 6.45) is 0.150. The van der Waals surface area contributed by atoms with Crippen LogP contribution in [0.5, 0.6) is 0 Å². The van der Waals surface area contributed by atoms with Gasteiger partial charge in [0.15, 0.2) is 0 Å². The Hall–Kier alpha value is -2.59. The second kappa shape index (κ2) is 8.19. The summed E-state index contributed by atoms with van der Waals surface area (Å²) >= 11 is 1.70. The van der Waals surface area contributed by atoms with Gasteiger partial charge in [-0.15, -0.1) is 0 Å². The van der Waals surface area contributed by atoms with Crippen molar-refractivity contribution in [3.8, 4) is 0 Å². The van der Waals surface area contributed by atoms with Gasteiger partial charge in [-0.2, -0.15) is 0 Å². The summed E-state index contributed by atoms with van der Waals surface area (Å²) in [6, 6.07) is 20.2. The van der Waals surface area contributed by atoms with Crippen LogP contribution < -0.4 is 5.32 Å². The van der Waals surface area contributed by atoms with Crippen molar-refractivity contribution in [2.45, 2.75) is 30.1 Å². The summed E-state index contributed by atoms with van der Waals surface area (Å²) in [5, 5.41) is 2.85. The maximum Gasteiger partial charge on any atom is 0.228 e. The molecule has 4 heteroatoms. The molecule has 0 radical (unpaired) electrons. The van der Waals surface area contributed by atoms with E-state index in [1.807, 2.05) is 24.3 Å². The Balaban J connectivity index is 1.61. The van der Waals surface area contributed by atoms with Crippen molar-refractivity contribution in [3.63, 3.8) is 0 Å². The second-order valence-electron chi connectivity index (χ2n) is 6.25. The Morgan fingerprint density at radius 3 is 2.46 bits per heavy atom. The fourth-order valence-electron chi connectivity index (χ4n) is 2.68. The van der Waals surface area contributed by atoms with Gasteiger partial charge in [0.05, 0.1) is 6.42 Å². The molecule has 1 N–H and O–H groups in total. The minimum Gasteiger partial charge on any atom is -0.326 e. The summed E-state index contributed by atoms with van der Waals surface area (Å²) in [7, 11) is 0. The van der Waals surface area contributed by atoms with Crippen LogP contribution >= 0.6 is 11.8 Å². The van der Waals surface area contributed by atoms with Crippen LogP contribution in [0.25, 0.3) is 0 Å². The summed E-state index contributed by atoms with van der Waals surface area (Å²) in [5.74, 6) is -0.492. The van der Waals surface area contributed by atoms with Crippen LogP contribution in [0.2, 0.25) is 0 Å². The first-order chi connectivity index (χ1) is 12.5. The minimum atomic E-state index is -0.330. The van der Waals surface area contributed by atoms with Crippen molar-refractivity contribution in [2.75, 3.05) is 5.32 Å². The molecule has 0 aliphatic heterocycles. The van der Waals surface area contributed by atoms with Crippen molar-refractivity contribution in [1.82, 2.24) is 0 Å². The number of carbonyl (C=O) groups excluding carboxylic acids is 1. The third-order valence-electron chi connectivity index (χ3n) is 3.95.